The molecule has 1 fully saturated rings. The number of aromatic nitrogens is 4. The standard InChI is InChI=1S/C18H16ClN5OS/c1-26-17-21-22-23-24(17)15-4-2-3-14(11-15)20-16(25)18(9-10-18)12-5-7-13(19)8-6-12/h2-8,11H,9-10H2,1H3,(H,20,25). The number of halogens is 1. The number of hydrogen-bond donors (Lipinski definition) is 1. The van der Waals surface area contributed by atoms with Crippen molar-refractivity contribution in [3.8, 4) is 5.69 Å². The number of amides is 1. The second-order valence-electron chi connectivity index (χ2n) is 6.17. The monoisotopic (exact) mass is 385 g/mol. The van der Waals surface area contributed by atoms with Gasteiger partial charge in [0.15, 0.2) is 0 Å². The van der Waals surface area contributed by atoms with Gasteiger partial charge in [0, 0.05) is 10.7 Å². The molecule has 1 aliphatic carbocycles. The Hall–Kier alpha value is -2.38. The molecular weight excluding hydrogens is 370 g/mol. The summed E-state index contributed by atoms with van der Waals surface area (Å²) in [6.07, 6.45) is 3.59. The van der Waals surface area contributed by atoms with Crippen molar-refractivity contribution in [1.82, 2.24) is 20.2 Å². The first-order valence-electron chi connectivity index (χ1n) is 8.13. The molecule has 0 bridgehead atoms. The molecule has 26 heavy (non-hydrogen) atoms. The molecule has 1 amide bonds. The molecule has 0 saturated heterocycles. The highest BCUT2D eigenvalue weighted by Crippen LogP contribution is 2.49. The van der Waals surface area contributed by atoms with Gasteiger partial charge < -0.3 is 5.32 Å². The third-order valence-corrected chi connectivity index (χ3v) is 5.43. The normalized spacial score (nSPS) is 14.8. The maximum Gasteiger partial charge on any atom is 0.235 e. The SMILES string of the molecule is CSc1nnnn1-c1cccc(NC(=O)C2(c3ccc(Cl)cc3)CC2)c1. The van der Waals surface area contributed by atoms with Crippen LogP contribution in [0, 0.1) is 0 Å². The number of anilines is 1. The lowest BCUT2D eigenvalue weighted by atomic mass is 9.95. The highest BCUT2D eigenvalue weighted by Gasteiger charge is 2.51. The van der Waals surface area contributed by atoms with Crippen molar-refractivity contribution in [2.75, 3.05) is 11.6 Å². The van der Waals surface area contributed by atoms with E-state index >= 15 is 0 Å². The van der Waals surface area contributed by atoms with E-state index in [4.69, 9.17) is 11.6 Å². The molecule has 1 N–H and O–H groups in total. The van der Waals surface area contributed by atoms with Crippen molar-refractivity contribution in [2.45, 2.75) is 23.4 Å². The van der Waals surface area contributed by atoms with Crippen LogP contribution in [0.5, 0.6) is 0 Å². The minimum absolute atomic E-state index is 0.00113. The Kier molecular flexibility index (Phi) is 4.42. The number of hydrogen-bond acceptors (Lipinski definition) is 5. The van der Waals surface area contributed by atoms with Crippen LogP contribution in [0.4, 0.5) is 5.69 Å². The molecule has 0 atom stereocenters. The van der Waals surface area contributed by atoms with E-state index in [2.05, 4.69) is 20.8 Å². The number of thioether (sulfide) groups is 1. The fourth-order valence-corrected chi connectivity index (χ4v) is 3.53. The molecule has 132 valence electrons. The lowest BCUT2D eigenvalue weighted by Gasteiger charge is -2.16. The van der Waals surface area contributed by atoms with Crippen LogP contribution in [0.25, 0.3) is 5.69 Å². The number of tetrazole rings is 1. The van der Waals surface area contributed by atoms with Crippen LogP contribution < -0.4 is 5.32 Å². The maximum atomic E-state index is 12.9. The Bertz CT molecular complexity index is 952. The molecule has 0 aliphatic heterocycles. The van der Waals surface area contributed by atoms with E-state index in [0.717, 1.165) is 29.8 Å². The zero-order valence-electron chi connectivity index (χ0n) is 14.0. The second kappa shape index (κ2) is 6.74. The Morgan fingerprint density at radius 1 is 1.23 bits per heavy atom. The Balaban J connectivity index is 1.57. The van der Waals surface area contributed by atoms with E-state index < -0.39 is 5.41 Å². The minimum Gasteiger partial charge on any atom is -0.325 e. The van der Waals surface area contributed by atoms with Crippen LogP contribution >= 0.6 is 23.4 Å². The lowest BCUT2D eigenvalue weighted by molar-refractivity contribution is -0.118. The van der Waals surface area contributed by atoms with Gasteiger partial charge in [-0.05, 0) is 65.4 Å². The molecule has 0 spiro atoms. The number of carbonyl (C=O) groups is 1. The highest BCUT2D eigenvalue weighted by molar-refractivity contribution is 7.98. The molecule has 8 heteroatoms. The van der Waals surface area contributed by atoms with Crippen LogP contribution in [0.2, 0.25) is 5.02 Å². The van der Waals surface area contributed by atoms with Crippen molar-refractivity contribution in [1.29, 1.82) is 0 Å². The van der Waals surface area contributed by atoms with Gasteiger partial charge in [0.25, 0.3) is 0 Å². The average molecular weight is 386 g/mol. The number of rotatable bonds is 5. The second-order valence-corrected chi connectivity index (χ2v) is 7.38. The van der Waals surface area contributed by atoms with Crippen molar-refractivity contribution in [3.05, 3.63) is 59.1 Å². The third kappa shape index (κ3) is 3.08. The van der Waals surface area contributed by atoms with Crippen molar-refractivity contribution < 1.29 is 4.79 Å². The first-order chi connectivity index (χ1) is 12.6. The van der Waals surface area contributed by atoms with Gasteiger partial charge in [0.05, 0.1) is 11.1 Å². The minimum atomic E-state index is -0.458. The number of nitrogens with one attached hydrogen (secondary N) is 1. The van der Waals surface area contributed by atoms with E-state index in [1.165, 1.54) is 11.8 Å². The first-order valence-corrected chi connectivity index (χ1v) is 9.73. The molecule has 0 radical (unpaired) electrons. The predicted molar refractivity (Wildman–Crippen MR) is 102 cm³/mol. The van der Waals surface area contributed by atoms with Gasteiger partial charge in [-0.3, -0.25) is 4.79 Å². The van der Waals surface area contributed by atoms with E-state index in [1.54, 1.807) is 4.68 Å². The molecule has 6 nitrogen and oxygen atoms in total. The van der Waals surface area contributed by atoms with Crippen molar-refractivity contribution in [2.24, 2.45) is 0 Å². The van der Waals surface area contributed by atoms with Crippen LogP contribution in [0.1, 0.15) is 18.4 Å². The zero-order valence-corrected chi connectivity index (χ0v) is 15.6. The molecule has 0 unspecified atom stereocenters. The first kappa shape index (κ1) is 17.1. The van der Waals surface area contributed by atoms with Crippen LogP contribution in [0.15, 0.2) is 53.7 Å². The smallest absolute Gasteiger partial charge is 0.235 e. The molecular formula is C18H16ClN5OS. The fourth-order valence-electron chi connectivity index (χ4n) is 2.98. The molecule has 4 rings (SSSR count). The highest BCUT2D eigenvalue weighted by atomic mass is 35.5. The van der Waals surface area contributed by atoms with Gasteiger partial charge in [-0.25, -0.2) is 0 Å². The average Bonchev–Trinajstić information content (AvgIpc) is 3.33. The van der Waals surface area contributed by atoms with E-state index in [9.17, 15) is 4.79 Å². The van der Waals surface area contributed by atoms with Gasteiger partial charge in [-0.15, -0.1) is 5.10 Å². The Morgan fingerprint density at radius 2 is 2.00 bits per heavy atom. The number of benzene rings is 2. The topological polar surface area (TPSA) is 72.7 Å². The summed E-state index contributed by atoms with van der Waals surface area (Å²) in [4.78, 5) is 12.9. The van der Waals surface area contributed by atoms with Crippen LogP contribution in [-0.2, 0) is 10.2 Å². The number of nitrogens with zero attached hydrogens (tertiary/aromatic N) is 4. The van der Waals surface area contributed by atoms with Gasteiger partial charge in [-0.1, -0.05) is 41.6 Å². The lowest BCUT2D eigenvalue weighted by Crippen LogP contribution is -2.27. The van der Waals surface area contributed by atoms with Crippen molar-refractivity contribution >= 4 is 35.0 Å². The summed E-state index contributed by atoms with van der Waals surface area (Å²) in [6.45, 7) is 0. The molecule has 3 aromatic rings. The summed E-state index contributed by atoms with van der Waals surface area (Å²) in [6, 6.07) is 15.0. The van der Waals surface area contributed by atoms with Gasteiger partial charge in [-0.2, -0.15) is 4.68 Å². The molecule has 1 saturated carbocycles. The van der Waals surface area contributed by atoms with E-state index in [0.29, 0.717) is 10.2 Å². The van der Waals surface area contributed by atoms with Crippen LogP contribution in [-0.4, -0.2) is 32.4 Å². The quantitative estimate of drug-likeness (QED) is 0.678. The summed E-state index contributed by atoms with van der Waals surface area (Å²) in [5.41, 5.74) is 2.06. The zero-order chi connectivity index (χ0) is 18.1. The molecule has 1 heterocycles. The maximum absolute atomic E-state index is 12.9. The predicted octanol–water partition coefficient (Wildman–Crippen LogP) is 3.71. The molecule has 1 aromatic heterocycles. The van der Waals surface area contributed by atoms with Gasteiger partial charge >= 0.3 is 0 Å². The largest absolute Gasteiger partial charge is 0.325 e. The summed E-state index contributed by atoms with van der Waals surface area (Å²) in [5, 5.41) is 16.1. The van der Waals surface area contributed by atoms with Crippen LogP contribution in [0.3, 0.4) is 0 Å². The molecule has 1 aliphatic rings. The van der Waals surface area contributed by atoms with Crippen molar-refractivity contribution in [3.63, 3.8) is 0 Å². The van der Waals surface area contributed by atoms with E-state index in [1.807, 2.05) is 54.8 Å². The molecule has 2 aromatic carbocycles. The summed E-state index contributed by atoms with van der Waals surface area (Å²) in [5.74, 6) is -0.00113. The Labute approximate surface area is 159 Å². The summed E-state index contributed by atoms with van der Waals surface area (Å²) in [7, 11) is 0. The van der Waals surface area contributed by atoms with Gasteiger partial charge in [0.2, 0.25) is 11.1 Å². The summed E-state index contributed by atoms with van der Waals surface area (Å²) >= 11 is 7.42. The summed E-state index contributed by atoms with van der Waals surface area (Å²) < 4.78 is 1.65. The number of carbonyl (C=O) groups excluding carboxylic acids is 1. The third-order valence-electron chi connectivity index (χ3n) is 4.55. The van der Waals surface area contributed by atoms with Gasteiger partial charge in [0.1, 0.15) is 0 Å². The van der Waals surface area contributed by atoms with E-state index in [-0.39, 0.29) is 5.91 Å². The fraction of sp³-hybridized carbons (Fsp3) is 0.222. The Morgan fingerprint density at radius 3 is 2.69 bits per heavy atom.